The molecule has 1 aromatic heterocycles. The number of fused-ring (bicyclic) bond motifs is 1. The second-order valence-corrected chi connectivity index (χ2v) is 11.7. The number of hydrogen-bond acceptors (Lipinski definition) is 4. The van der Waals surface area contributed by atoms with Crippen LogP contribution in [0.3, 0.4) is 0 Å². The predicted octanol–water partition coefficient (Wildman–Crippen LogP) is 4.62. The van der Waals surface area contributed by atoms with Gasteiger partial charge in [0.1, 0.15) is 10.6 Å². The summed E-state index contributed by atoms with van der Waals surface area (Å²) in [5.41, 5.74) is 0.829. The number of aromatic nitrogens is 1. The molecule has 5 nitrogen and oxygen atoms in total. The van der Waals surface area contributed by atoms with E-state index < -0.39 is 38.9 Å². The minimum atomic E-state index is -3.92. The molecule has 0 N–H and O–H groups in total. The highest BCUT2D eigenvalue weighted by atomic mass is 32.2. The Hall–Kier alpha value is -1.90. The summed E-state index contributed by atoms with van der Waals surface area (Å²) in [6.07, 6.45) is 5.13. The lowest BCUT2D eigenvalue weighted by Crippen LogP contribution is -2.41. The standard InChI is InChI=1S/C22H27BFNO4S/c1-15-14-22(6,12-10-17(15)23-28-20(2,3)21(4,5)29-23)30(26,27)25-13-11-16-8-7-9-18(24)19(16)25/h7-13H,14H2,1-6H3. The Labute approximate surface area is 177 Å². The number of allylic oxidation sites excluding steroid dienone is 3. The van der Waals surface area contributed by atoms with E-state index >= 15 is 0 Å². The first kappa shape index (κ1) is 21.3. The summed E-state index contributed by atoms with van der Waals surface area (Å²) in [5.74, 6) is -0.561. The zero-order chi connectivity index (χ0) is 22.1. The highest BCUT2D eigenvalue weighted by Crippen LogP contribution is 2.42. The van der Waals surface area contributed by atoms with Crippen LogP contribution in [0.1, 0.15) is 48.0 Å². The van der Waals surface area contributed by atoms with Crippen LogP contribution in [0.25, 0.3) is 10.9 Å². The van der Waals surface area contributed by atoms with Crippen molar-refractivity contribution in [3.05, 3.63) is 59.5 Å². The fraction of sp³-hybridized carbons (Fsp3) is 0.455. The van der Waals surface area contributed by atoms with E-state index in [0.717, 1.165) is 15.0 Å². The lowest BCUT2D eigenvalue weighted by atomic mass is 9.71. The Morgan fingerprint density at radius 3 is 2.30 bits per heavy atom. The summed E-state index contributed by atoms with van der Waals surface area (Å²) in [7, 11) is -4.47. The maximum absolute atomic E-state index is 14.4. The highest BCUT2D eigenvalue weighted by Gasteiger charge is 2.53. The summed E-state index contributed by atoms with van der Waals surface area (Å²) >= 11 is 0. The molecule has 0 bridgehead atoms. The van der Waals surface area contributed by atoms with Crippen molar-refractivity contribution in [1.29, 1.82) is 0 Å². The molecule has 2 heterocycles. The molecule has 0 spiro atoms. The van der Waals surface area contributed by atoms with Gasteiger partial charge in [0.2, 0.25) is 10.0 Å². The molecule has 4 rings (SSSR count). The van der Waals surface area contributed by atoms with Crippen LogP contribution in [0, 0.1) is 5.82 Å². The van der Waals surface area contributed by atoms with E-state index in [2.05, 4.69) is 0 Å². The molecule has 1 atom stereocenters. The SMILES string of the molecule is CC1=C(B2OC(C)(C)C(C)(C)O2)C=CC(C)(S(=O)(=O)n2ccc3cccc(F)c32)C1. The van der Waals surface area contributed by atoms with Crippen molar-refractivity contribution < 1.29 is 22.1 Å². The molecular weight excluding hydrogens is 404 g/mol. The van der Waals surface area contributed by atoms with E-state index in [1.54, 1.807) is 37.3 Å². The van der Waals surface area contributed by atoms with Crippen LogP contribution in [-0.4, -0.2) is 35.5 Å². The van der Waals surface area contributed by atoms with Gasteiger partial charge in [-0.15, -0.1) is 0 Å². The molecule has 160 valence electrons. The summed E-state index contributed by atoms with van der Waals surface area (Å²) in [5, 5.41) is 0.548. The predicted molar refractivity (Wildman–Crippen MR) is 117 cm³/mol. The van der Waals surface area contributed by atoms with Gasteiger partial charge in [-0.2, -0.15) is 0 Å². The van der Waals surface area contributed by atoms with Crippen molar-refractivity contribution >= 4 is 28.0 Å². The minimum absolute atomic E-state index is 0.0745. The second-order valence-electron chi connectivity index (χ2n) is 9.44. The van der Waals surface area contributed by atoms with E-state index in [1.807, 2.05) is 34.6 Å². The van der Waals surface area contributed by atoms with E-state index in [9.17, 15) is 12.8 Å². The molecule has 2 aromatic rings. The number of hydrogen-bond donors (Lipinski definition) is 0. The molecule has 0 amide bonds. The molecule has 30 heavy (non-hydrogen) atoms. The van der Waals surface area contributed by atoms with E-state index in [0.29, 0.717) is 5.39 Å². The minimum Gasteiger partial charge on any atom is -0.399 e. The van der Waals surface area contributed by atoms with Crippen molar-refractivity contribution in [2.24, 2.45) is 0 Å². The number of benzene rings is 1. The number of rotatable bonds is 3. The molecule has 0 saturated carbocycles. The molecule has 1 aromatic carbocycles. The maximum Gasteiger partial charge on any atom is 0.494 e. The average molecular weight is 431 g/mol. The number of halogens is 1. The van der Waals surface area contributed by atoms with Crippen molar-refractivity contribution in [2.45, 2.75) is 63.9 Å². The van der Waals surface area contributed by atoms with Gasteiger partial charge in [0, 0.05) is 11.6 Å². The first-order chi connectivity index (χ1) is 13.8. The molecule has 1 saturated heterocycles. The molecule has 1 aliphatic carbocycles. The summed E-state index contributed by atoms with van der Waals surface area (Å²) in [6, 6.07) is 6.16. The third kappa shape index (κ3) is 3.00. The first-order valence-corrected chi connectivity index (χ1v) is 11.5. The Morgan fingerprint density at radius 2 is 1.70 bits per heavy atom. The molecule has 0 radical (unpaired) electrons. The van der Waals surface area contributed by atoms with E-state index in [1.165, 1.54) is 12.3 Å². The molecule has 1 aliphatic heterocycles. The molecule has 8 heteroatoms. The van der Waals surface area contributed by atoms with E-state index in [-0.39, 0.29) is 11.9 Å². The quantitative estimate of drug-likeness (QED) is 0.666. The Balaban J connectivity index is 1.70. The summed E-state index contributed by atoms with van der Waals surface area (Å²) in [4.78, 5) is 0. The number of para-hydroxylation sites is 1. The van der Waals surface area contributed by atoms with E-state index in [4.69, 9.17) is 9.31 Å². The highest BCUT2D eigenvalue weighted by molar-refractivity contribution is 7.91. The van der Waals surface area contributed by atoms with Crippen LogP contribution < -0.4 is 0 Å². The maximum atomic E-state index is 14.4. The second kappa shape index (κ2) is 6.55. The topological polar surface area (TPSA) is 57.5 Å². The molecule has 1 unspecified atom stereocenters. The monoisotopic (exact) mass is 431 g/mol. The summed E-state index contributed by atoms with van der Waals surface area (Å²) in [6.45, 7) is 11.5. The van der Waals surface area contributed by atoms with Crippen molar-refractivity contribution in [3.63, 3.8) is 0 Å². The smallest absolute Gasteiger partial charge is 0.399 e. The van der Waals surface area contributed by atoms with Gasteiger partial charge >= 0.3 is 7.12 Å². The van der Waals surface area contributed by atoms with Crippen LogP contribution >= 0.6 is 0 Å². The zero-order valence-corrected chi connectivity index (χ0v) is 19.0. The molecular formula is C22H27BFNO4S. The molecule has 2 aliphatic rings. The zero-order valence-electron chi connectivity index (χ0n) is 18.2. The Bertz CT molecular complexity index is 1180. The van der Waals surface area contributed by atoms with Crippen molar-refractivity contribution in [3.8, 4) is 0 Å². The Kier molecular flexibility index (Phi) is 4.66. The third-order valence-electron chi connectivity index (χ3n) is 6.71. The first-order valence-electron chi connectivity index (χ1n) is 10.0. The van der Waals surface area contributed by atoms with Gasteiger partial charge in [-0.1, -0.05) is 29.9 Å². The Morgan fingerprint density at radius 1 is 1.07 bits per heavy atom. The van der Waals surface area contributed by atoms with Gasteiger partial charge in [-0.25, -0.2) is 16.8 Å². The third-order valence-corrected chi connectivity index (χ3v) is 8.99. The average Bonchev–Trinajstić information content (AvgIpc) is 3.14. The van der Waals surface area contributed by atoms with Gasteiger partial charge in [-0.05, 0) is 65.6 Å². The lowest BCUT2D eigenvalue weighted by Gasteiger charge is -2.32. The van der Waals surface area contributed by atoms with Gasteiger partial charge in [0.05, 0.1) is 16.7 Å². The van der Waals surface area contributed by atoms with Crippen LogP contribution in [-0.2, 0) is 19.3 Å². The fourth-order valence-electron chi connectivity index (χ4n) is 4.07. The van der Waals surface area contributed by atoms with Crippen molar-refractivity contribution in [2.75, 3.05) is 0 Å². The normalized spacial score (nSPS) is 26.0. The van der Waals surface area contributed by atoms with Gasteiger partial charge in [-0.3, -0.25) is 0 Å². The van der Waals surface area contributed by atoms with Gasteiger partial charge in [0.25, 0.3) is 0 Å². The largest absolute Gasteiger partial charge is 0.494 e. The number of nitrogens with zero attached hydrogens (tertiary/aromatic N) is 1. The fourth-order valence-corrected chi connectivity index (χ4v) is 5.81. The van der Waals surface area contributed by atoms with Crippen LogP contribution in [0.5, 0.6) is 0 Å². The molecule has 1 fully saturated rings. The summed E-state index contributed by atoms with van der Waals surface area (Å²) < 4.78 is 53.7. The lowest BCUT2D eigenvalue weighted by molar-refractivity contribution is 0.00578. The van der Waals surface area contributed by atoms with Crippen LogP contribution in [0.2, 0.25) is 0 Å². The van der Waals surface area contributed by atoms with Crippen LogP contribution in [0.15, 0.2) is 53.7 Å². The van der Waals surface area contributed by atoms with Crippen molar-refractivity contribution in [1.82, 2.24) is 3.97 Å². The van der Waals surface area contributed by atoms with Crippen LogP contribution in [0.4, 0.5) is 4.39 Å². The van der Waals surface area contributed by atoms with Gasteiger partial charge in [0.15, 0.2) is 0 Å². The van der Waals surface area contributed by atoms with Gasteiger partial charge < -0.3 is 9.31 Å².